The highest BCUT2D eigenvalue weighted by molar-refractivity contribution is 6.43. The number of nitrogens with zero attached hydrogens (tertiary/aromatic N) is 6. The summed E-state index contributed by atoms with van der Waals surface area (Å²) in [4.78, 5) is 8.03. The molecule has 4 aromatic rings. The van der Waals surface area contributed by atoms with Crippen LogP contribution in [0.15, 0.2) is 67.3 Å². The maximum atomic E-state index is 6.22. The van der Waals surface area contributed by atoms with Crippen LogP contribution < -0.4 is 11.1 Å². The molecule has 0 radical (unpaired) electrons. The molecule has 0 aliphatic carbocycles. The van der Waals surface area contributed by atoms with Crippen molar-refractivity contribution in [2.75, 3.05) is 5.32 Å². The largest absolute Gasteiger partial charge is 0.346 e. The van der Waals surface area contributed by atoms with E-state index >= 15 is 0 Å². The lowest BCUT2D eigenvalue weighted by molar-refractivity contribution is 0.780. The molecule has 3 N–H and O–H groups in total. The van der Waals surface area contributed by atoms with E-state index in [1.807, 2.05) is 38.1 Å². The summed E-state index contributed by atoms with van der Waals surface area (Å²) in [6.45, 7) is 3.94. The van der Waals surface area contributed by atoms with E-state index < -0.39 is 0 Å². The van der Waals surface area contributed by atoms with Crippen LogP contribution >= 0.6 is 23.2 Å². The number of pyridine rings is 2. The Bertz CT molecular complexity index is 1090. The number of hydrogen-bond donors (Lipinski definition) is 2. The molecule has 1 aromatic carbocycles. The number of benzene rings is 1. The van der Waals surface area contributed by atoms with Crippen LogP contribution in [0.5, 0.6) is 0 Å². The molecule has 2 unspecified atom stereocenters. The Morgan fingerprint density at radius 1 is 0.935 bits per heavy atom. The predicted molar refractivity (Wildman–Crippen MR) is 122 cm³/mol. The lowest BCUT2D eigenvalue weighted by Crippen LogP contribution is -2.12. The number of nitrogens with one attached hydrogen (secondary N) is 1. The Balaban J connectivity index is 0.000000254. The summed E-state index contributed by atoms with van der Waals surface area (Å²) >= 11 is 12.3. The van der Waals surface area contributed by atoms with Gasteiger partial charge in [-0.1, -0.05) is 46.5 Å². The van der Waals surface area contributed by atoms with E-state index in [1.165, 1.54) is 4.68 Å². The topological polar surface area (TPSA) is 107 Å². The summed E-state index contributed by atoms with van der Waals surface area (Å²) in [6.07, 6.45) is 7.04. The van der Waals surface area contributed by atoms with Crippen molar-refractivity contribution in [2.24, 2.45) is 5.73 Å². The van der Waals surface area contributed by atoms with E-state index in [-0.39, 0.29) is 12.1 Å². The van der Waals surface area contributed by atoms with Crippen molar-refractivity contribution in [1.82, 2.24) is 30.2 Å². The number of tetrazole rings is 1. The van der Waals surface area contributed by atoms with Crippen molar-refractivity contribution in [1.29, 1.82) is 0 Å². The molecule has 4 rings (SSSR count). The minimum absolute atomic E-state index is 0.0172. The molecule has 3 aromatic heterocycles. The van der Waals surface area contributed by atoms with Crippen molar-refractivity contribution in [3.05, 3.63) is 88.4 Å². The molecular weight excluding hydrogens is 435 g/mol. The van der Waals surface area contributed by atoms with Gasteiger partial charge < -0.3 is 11.1 Å². The van der Waals surface area contributed by atoms with Gasteiger partial charge in [-0.2, -0.15) is 4.68 Å². The van der Waals surface area contributed by atoms with E-state index in [9.17, 15) is 0 Å². The first-order valence-corrected chi connectivity index (χ1v) is 10.3. The molecule has 0 bridgehead atoms. The van der Waals surface area contributed by atoms with Crippen molar-refractivity contribution in [3.63, 3.8) is 0 Å². The molecule has 160 valence electrons. The van der Waals surface area contributed by atoms with Crippen LogP contribution in [-0.4, -0.2) is 30.2 Å². The molecule has 10 heteroatoms. The van der Waals surface area contributed by atoms with Crippen molar-refractivity contribution in [2.45, 2.75) is 25.9 Å². The zero-order chi connectivity index (χ0) is 22.2. The summed E-state index contributed by atoms with van der Waals surface area (Å²) in [5, 5.41) is 15.7. The van der Waals surface area contributed by atoms with Gasteiger partial charge in [0.1, 0.15) is 0 Å². The van der Waals surface area contributed by atoms with Gasteiger partial charge in [0.25, 0.3) is 0 Å². The summed E-state index contributed by atoms with van der Waals surface area (Å²) in [7, 11) is 0. The number of aromatic nitrogens is 6. The number of anilines is 1. The van der Waals surface area contributed by atoms with Gasteiger partial charge in [0, 0.05) is 30.8 Å². The molecule has 0 saturated heterocycles. The summed E-state index contributed by atoms with van der Waals surface area (Å²) < 4.78 is 1.51. The zero-order valence-electron chi connectivity index (χ0n) is 17.0. The van der Waals surface area contributed by atoms with Crippen LogP contribution in [0, 0.1) is 0 Å². The second-order valence-electron chi connectivity index (χ2n) is 6.71. The van der Waals surface area contributed by atoms with Gasteiger partial charge >= 0.3 is 0 Å². The first-order chi connectivity index (χ1) is 15.0. The normalized spacial score (nSPS) is 12.4. The Kier molecular flexibility index (Phi) is 7.88. The highest BCUT2D eigenvalue weighted by Gasteiger charge is 2.15. The lowest BCUT2D eigenvalue weighted by Gasteiger charge is -2.15. The van der Waals surface area contributed by atoms with E-state index in [2.05, 4.69) is 30.8 Å². The van der Waals surface area contributed by atoms with Crippen molar-refractivity contribution < 1.29 is 0 Å². The number of hydrogen-bond acceptors (Lipinski definition) is 7. The molecular formula is C21H22Cl2N8. The van der Waals surface area contributed by atoms with Gasteiger partial charge in [0.2, 0.25) is 5.95 Å². The maximum Gasteiger partial charge on any atom is 0.248 e. The number of rotatable bonds is 5. The smallest absolute Gasteiger partial charge is 0.248 e. The molecule has 0 saturated carbocycles. The highest BCUT2D eigenvalue weighted by atomic mass is 35.5. The summed E-state index contributed by atoms with van der Waals surface area (Å²) in [5.74, 6) is 0.473. The third-order valence-electron chi connectivity index (χ3n) is 4.37. The molecule has 2 atom stereocenters. The van der Waals surface area contributed by atoms with Crippen LogP contribution in [0.2, 0.25) is 10.0 Å². The Morgan fingerprint density at radius 3 is 2.19 bits per heavy atom. The Labute approximate surface area is 190 Å². The minimum Gasteiger partial charge on any atom is -0.346 e. The molecule has 0 aliphatic rings. The summed E-state index contributed by atoms with van der Waals surface area (Å²) in [5.41, 5.74) is 8.29. The molecule has 3 heterocycles. The second kappa shape index (κ2) is 10.8. The van der Waals surface area contributed by atoms with Crippen LogP contribution in [-0.2, 0) is 0 Å². The maximum absolute atomic E-state index is 6.22. The van der Waals surface area contributed by atoms with Crippen LogP contribution in [0.4, 0.5) is 5.95 Å². The molecule has 0 fully saturated rings. The fraction of sp³-hybridized carbons (Fsp3) is 0.190. The monoisotopic (exact) mass is 456 g/mol. The third-order valence-corrected chi connectivity index (χ3v) is 5.18. The highest BCUT2D eigenvalue weighted by Crippen LogP contribution is 2.29. The van der Waals surface area contributed by atoms with Crippen LogP contribution in [0.3, 0.4) is 0 Å². The van der Waals surface area contributed by atoms with E-state index in [0.717, 1.165) is 11.1 Å². The second-order valence-corrected chi connectivity index (χ2v) is 7.50. The van der Waals surface area contributed by atoms with E-state index in [4.69, 9.17) is 28.9 Å². The van der Waals surface area contributed by atoms with Gasteiger partial charge in [-0.25, -0.2) is 0 Å². The van der Waals surface area contributed by atoms with Crippen molar-refractivity contribution in [3.8, 4) is 5.69 Å². The van der Waals surface area contributed by atoms with Crippen LogP contribution in [0.25, 0.3) is 5.69 Å². The fourth-order valence-corrected chi connectivity index (χ4v) is 3.03. The number of halogens is 2. The summed E-state index contributed by atoms with van der Waals surface area (Å²) in [6, 6.07) is 13.1. The standard InChI is InChI=1S/C14H12Cl2N6.C7H10N2/c1-9(10-4-3-7-17-8-10)18-14-19-20-21-22(14)12-6-2-5-11(15)13(12)16;1-6(8)7-3-2-4-9-5-7/h2-9H,1H3,(H,18,19,21);2-6H,8H2,1H3. The van der Waals surface area contributed by atoms with Gasteiger partial charge in [0.05, 0.1) is 21.8 Å². The van der Waals surface area contributed by atoms with Gasteiger partial charge in [-0.3, -0.25) is 9.97 Å². The van der Waals surface area contributed by atoms with Gasteiger partial charge in [0.15, 0.2) is 0 Å². The van der Waals surface area contributed by atoms with Crippen LogP contribution in [0.1, 0.15) is 37.1 Å². The van der Waals surface area contributed by atoms with E-state index in [1.54, 1.807) is 43.0 Å². The minimum atomic E-state index is -0.0172. The van der Waals surface area contributed by atoms with Gasteiger partial charge in [-0.05, 0) is 59.7 Å². The quantitative estimate of drug-likeness (QED) is 0.450. The SMILES string of the molecule is CC(N)c1cccnc1.CC(Nc1nnnn1-c1cccc(Cl)c1Cl)c1cccnc1. The predicted octanol–water partition coefficient (Wildman–Crippen LogP) is 4.64. The average Bonchev–Trinajstić information content (AvgIpc) is 3.25. The molecule has 0 amide bonds. The van der Waals surface area contributed by atoms with E-state index in [0.29, 0.717) is 21.7 Å². The van der Waals surface area contributed by atoms with Crippen molar-refractivity contribution >= 4 is 29.2 Å². The number of nitrogens with two attached hydrogens (primary N) is 1. The molecule has 31 heavy (non-hydrogen) atoms. The Hall–Kier alpha value is -3.07. The third kappa shape index (κ3) is 5.97. The Morgan fingerprint density at radius 2 is 1.61 bits per heavy atom. The van der Waals surface area contributed by atoms with Gasteiger partial charge in [-0.15, -0.1) is 0 Å². The molecule has 8 nitrogen and oxygen atoms in total. The molecule has 0 aliphatic heterocycles. The first kappa shape index (κ1) is 22.6. The molecule has 0 spiro atoms. The average molecular weight is 457 g/mol. The first-order valence-electron chi connectivity index (χ1n) is 9.52. The lowest BCUT2D eigenvalue weighted by atomic mass is 10.1. The fourth-order valence-electron chi connectivity index (χ4n) is 2.65. The zero-order valence-corrected chi connectivity index (χ0v) is 18.5.